The van der Waals surface area contributed by atoms with Gasteiger partial charge in [-0.25, -0.2) is 0 Å². The van der Waals surface area contributed by atoms with Gasteiger partial charge in [0, 0.05) is 6.54 Å². The summed E-state index contributed by atoms with van der Waals surface area (Å²) in [5, 5.41) is 2.80. The molecule has 3 nitrogen and oxygen atoms in total. The second-order valence-corrected chi connectivity index (χ2v) is 4.80. The standard InChI is InChI=1S/C12H25NO2/c1-6-8-10(15-12(3,4)5)9-11(14)13-7-2/h10H,6-9H2,1-5H3,(H,13,14). The van der Waals surface area contributed by atoms with Crippen LogP contribution in [0.4, 0.5) is 0 Å². The summed E-state index contributed by atoms with van der Waals surface area (Å²) in [7, 11) is 0. The Bertz CT molecular complexity index is 185. The molecule has 0 saturated heterocycles. The maximum atomic E-state index is 11.4. The third-order valence-corrected chi connectivity index (χ3v) is 1.92. The third-order valence-electron chi connectivity index (χ3n) is 1.92. The molecule has 0 fully saturated rings. The first kappa shape index (κ1) is 14.4. The number of nitrogens with one attached hydrogen (secondary N) is 1. The smallest absolute Gasteiger partial charge is 0.222 e. The Balaban J connectivity index is 4.09. The van der Waals surface area contributed by atoms with E-state index in [9.17, 15) is 4.79 Å². The number of carbonyl (C=O) groups is 1. The van der Waals surface area contributed by atoms with Crippen LogP contribution in [-0.4, -0.2) is 24.2 Å². The average Bonchev–Trinajstić information content (AvgIpc) is 2.01. The Labute approximate surface area is 93.6 Å². The van der Waals surface area contributed by atoms with Crippen LogP contribution in [0, 0.1) is 0 Å². The molecule has 0 aliphatic carbocycles. The minimum absolute atomic E-state index is 0.0431. The molecule has 3 heteroatoms. The zero-order valence-corrected chi connectivity index (χ0v) is 10.7. The van der Waals surface area contributed by atoms with Gasteiger partial charge in [-0.15, -0.1) is 0 Å². The van der Waals surface area contributed by atoms with Gasteiger partial charge in [0.05, 0.1) is 18.1 Å². The normalized spacial score (nSPS) is 13.7. The zero-order valence-electron chi connectivity index (χ0n) is 10.7. The summed E-state index contributed by atoms with van der Waals surface area (Å²) in [5.41, 5.74) is -0.174. The molecule has 0 radical (unpaired) electrons. The van der Waals surface area contributed by atoms with E-state index in [-0.39, 0.29) is 17.6 Å². The summed E-state index contributed by atoms with van der Waals surface area (Å²) in [6.45, 7) is 10.8. The van der Waals surface area contributed by atoms with Crippen LogP contribution in [0.1, 0.15) is 53.9 Å². The molecule has 0 spiro atoms. The molecule has 1 atom stereocenters. The van der Waals surface area contributed by atoms with Gasteiger partial charge in [0.15, 0.2) is 0 Å². The highest BCUT2D eigenvalue weighted by atomic mass is 16.5. The first-order valence-corrected chi connectivity index (χ1v) is 5.83. The topological polar surface area (TPSA) is 38.3 Å². The Morgan fingerprint density at radius 1 is 1.33 bits per heavy atom. The third kappa shape index (κ3) is 8.43. The molecule has 15 heavy (non-hydrogen) atoms. The van der Waals surface area contributed by atoms with Crippen molar-refractivity contribution in [2.45, 2.75) is 65.6 Å². The second-order valence-electron chi connectivity index (χ2n) is 4.80. The van der Waals surface area contributed by atoms with Crippen molar-refractivity contribution in [2.75, 3.05) is 6.54 Å². The summed E-state index contributed by atoms with van der Waals surface area (Å²) < 4.78 is 5.83. The van der Waals surface area contributed by atoms with Gasteiger partial charge >= 0.3 is 0 Å². The van der Waals surface area contributed by atoms with E-state index >= 15 is 0 Å². The van der Waals surface area contributed by atoms with Gasteiger partial charge in [-0.05, 0) is 34.1 Å². The monoisotopic (exact) mass is 215 g/mol. The Hall–Kier alpha value is -0.570. The molecule has 1 unspecified atom stereocenters. The largest absolute Gasteiger partial charge is 0.372 e. The molecular weight excluding hydrogens is 190 g/mol. The SMILES string of the molecule is CCCC(CC(=O)NCC)OC(C)(C)C. The molecular formula is C12H25NO2. The van der Waals surface area contributed by atoms with Crippen molar-refractivity contribution < 1.29 is 9.53 Å². The molecule has 1 N–H and O–H groups in total. The fourth-order valence-electron chi connectivity index (χ4n) is 1.50. The predicted molar refractivity (Wildman–Crippen MR) is 62.8 cm³/mol. The van der Waals surface area contributed by atoms with Crippen molar-refractivity contribution in [1.29, 1.82) is 0 Å². The van der Waals surface area contributed by atoms with Gasteiger partial charge in [0.25, 0.3) is 0 Å². The van der Waals surface area contributed by atoms with Gasteiger partial charge in [-0.3, -0.25) is 4.79 Å². The van der Waals surface area contributed by atoms with Gasteiger partial charge in [0.2, 0.25) is 5.91 Å². The number of hydrogen-bond acceptors (Lipinski definition) is 2. The van der Waals surface area contributed by atoms with Crippen LogP contribution in [-0.2, 0) is 9.53 Å². The highest BCUT2D eigenvalue weighted by Crippen LogP contribution is 2.16. The van der Waals surface area contributed by atoms with Crippen molar-refractivity contribution in [3.8, 4) is 0 Å². The molecule has 1 amide bonds. The first-order valence-electron chi connectivity index (χ1n) is 5.83. The Kier molecular flexibility index (Phi) is 6.57. The fourth-order valence-corrected chi connectivity index (χ4v) is 1.50. The van der Waals surface area contributed by atoms with E-state index in [1.807, 2.05) is 27.7 Å². The molecule has 0 saturated carbocycles. The maximum absolute atomic E-state index is 11.4. The molecule has 0 heterocycles. The van der Waals surface area contributed by atoms with Gasteiger partial charge in [-0.1, -0.05) is 13.3 Å². The minimum atomic E-state index is -0.174. The fraction of sp³-hybridized carbons (Fsp3) is 0.917. The van der Waals surface area contributed by atoms with Crippen LogP contribution >= 0.6 is 0 Å². The molecule has 0 aromatic carbocycles. The molecule has 0 bridgehead atoms. The Morgan fingerprint density at radius 2 is 1.93 bits per heavy atom. The van der Waals surface area contributed by atoms with E-state index in [4.69, 9.17) is 4.74 Å². The molecule has 90 valence electrons. The zero-order chi connectivity index (χ0) is 11.9. The number of amides is 1. The van der Waals surface area contributed by atoms with Crippen molar-refractivity contribution >= 4 is 5.91 Å². The summed E-state index contributed by atoms with van der Waals surface area (Å²) in [4.78, 5) is 11.4. The van der Waals surface area contributed by atoms with Crippen LogP contribution in [0.3, 0.4) is 0 Å². The van der Waals surface area contributed by atoms with Gasteiger partial charge in [0.1, 0.15) is 0 Å². The molecule has 0 aliphatic heterocycles. The second kappa shape index (κ2) is 6.83. The van der Waals surface area contributed by atoms with Crippen molar-refractivity contribution in [3.05, 3.63) is 0 Å². The van der Waals surface area contributed by atoms with E-state index in [0.29, 0.717) is 13.0 Å². The molecule has 0 aromatic rings. The van der Waals surface area contributed by atoms with Crippen molar-refractivity contribution in [2.24, 2.45) is 0 Å². The number of rotatable bonds is 6. The summed E-state index contributed by atoms with van der Waals surface area (Å²) >= 11 is 0. The summed E-state index contributed by atoms with van der Waals surface area (Å²) in [6.07, 6.45) is 2.49. The number of carbonyl (C=O) groups excluding carboxylic acids is 1. The quantitative estimate of drug-likeness (QED) is 0.739. The lowest BCUT2D eigenvalue weighted by atomic mass is 10.1. The molecule has 0 aromatic heterocycles. The van der Waals surface area contributed by atoms with Crippen LogP contribution in [0.5, 0.6) is 0 Å². The Morgan fingerprint density at radius 3 is 2.33 bits per heavy atom. The van der Waals surface area contributed by atoms with Crippen molar-refractivity contribution in [1.82, 2.24) is 5.32 Å². The minimum Gasteiger partial charge on any atom is -0.372 e. The van der Waals surface area contributed by atoms with Crippen LogP contribution in [0.2, 0.25) is 0 Å². The number of ether oxygens (including phenoxy) is 1. The van der Waals surface area contributed by atoms with E-state index in [1.165, 1.54) is 0 Å². The van der Waals surface area contributed by atoms with E-state index < -0.39 is 0 Å². The highest BCUT2D eigenvalue weighted by Gasteiger charge is 2.20. The van der Waals surface area contributed by atoms with E-state index in [1.54, 1.807) is 0 Å². The first-order chi connectivity index (χ1) is 6.89. The summed E-state index contributed by atoms with van der Waals surface area (Å²) in [6, 6.07) is 0. The van der Waals surface area contributed by atoms with Gasteiger partial charge in [-0.2, -0.15) is 0 Å². The van der Waals surface area contributed by atoms with Gasteiger partial charge < -0.3 is 10.1 Å². The van der Waals surface area contributed by atoms with E-state index in [0.717, 1.165) is 12.8 Å². The lowest BCUT2D eigenvalue weighted by molar-refractivity contribution is -0.127. The van der Waals surface area contributed by atoms with Crippen molar-refractivity contribution in [3.63, 3.8) is 0 Å². The molecule has 0 rings (SSSR count). The lowest BCUT2D eigenvalue weighted by Gasteiger charge is -2.27. The number of hydrogen-bond donors (Lipinski definition) is 1. The van der Waals surface area contributed by atoms with Crippen LogP contribution in [0.25, 0.3) is 0 Å². The lowest BCUT2D eigenvalue weighted by Crippen LogP contribution is -2.33. The maximum Gasteiger partial charge on any atom is 0.222 e. The van der Waals surface area contributed by atoms with Crippen LogP contribution in [0.15, 0.2) is 0 Å². The van der Waals surface area contributed by atoms with E-state index in [2.05, 4.69) is 12.2 Å². The highest BCUT2D eigenvalue weighted by molar-refractivity contribution is 5.76. The predicted octanol–water partition coefficient (Wildman–Crippen LogP) is 2.50. The summed E-state index contributed by atoms with van der Waals surface area (Å²) in [5.74, 6) is 0.0835. The molecule has 0 aliphatic rings. The van der Waals surface area contributed by atoms with Crippen LogP contribution < -0.4 is 5.32 Å². The average molecular weight is 215 g/mol.